The van der Waals surface area contributed by atoms with Crippen molar-refractivity contribution in [3.05, 3.63) is 24.0 Å². The summed E-state index contributed by atoms with van der Waals surface area (Å²) in [7, 11) is 2.00. The topological polar surface area (TPSA) is 45.6 Å². The molecule has 0 aliphatic rings. The normalized spacial score (nSPS) is 12.7. The van der Waals surface area contributed by atoms with Gasteiger partial charge >= 0.3 is 0 Å². The van der Waals surface area contributed by atoms with Gasteiger partial charge in [-0.05, 0) is 37.3 Å². The fourth-order valence-electron chi connectivity index (χ4n) is 3.01. The van der Waals surface area contributed by atoms with E-state index in [1.54, 1.807) is 4.90 Å². The Morgan fingerprint density at radius 3 is 2.33 bits per heavy atom. The predicted molar refractivity (Wildman–Crippen MR) is 111 cm³/mol. The molecule has 0 unspecified atom stereocenters. The third-order valence-electron chi connectivity index (χ3n) is 4.97. The molecule has 0 radical (unpaired) electrons. The number of amides is 2. The number of aromatic nitrogens is 1. The van der Waals surface area contributed by atoms with E-state index in [1.807, 2.05) is 41.8 Å². The van der Waals surface area contributed by atoms with Crippen LogP contribution in [0.4, 0.5) is 0 Å². The first-order valence-corrected chi connectivity index (χ1v) is 10.3. The summed E-state index contributed by atoms with van der Waals surface area (Å²) >= 11 is 0. The second-order valence-corrected chi connectivity index (χ2v) is 8.80. The summed E-state index contributed by atoms with van der Waals surface area (Å²) in [5.74, 6) is 0.103. The van der Waals surface area contributed by atoms with Gasteiger partial charge in [0.25, 0.3) is 0 Å². The summed E-state index contributed by atoms with van der Waals surface area (Å²) in [6.07, 6.45) is 5.30. The largest absolute Gasteiger partial charge is 0.353 e. The molecule has 2 amide bonds. The SMILES string of the molecule is CCCCN(Cc1cccn1C)C(=O)CN(C(=O)CC(C)(C)C)[C@@H](C)CC. The standard InChI is InChI=1S/C22H39N3O2/c1-8-10-14-24(16-19-12-11-13-23(19)7)21(27)17-25(18(3)9-2)20(26)15-22(4,5)6/h11-13,18H,8-10,14-17H2,1-7H3/t18-/m0/s1. The molecule has 1 rings (SSSR count). The Bertz CT molecular complexity index is 601. The lowest BCUT2D eigenvalue weighted by Crippen LogP contribution is -2.47. The molecular formula is C22H39N3O2. The third-order valence-corrected chi connectivity index (χ3v) is 4.97. The van der Waals surface area contributed by atoms with Gasteiger partial charge in [-0.1, -0.05) is 41.0 Å². The van der Waals surface area contributed by atoms with E-state index in [-0.39, 0.29) is 29.8 Å². The number of hydrogen-bond donors (Lipinski definition) is 0. The third kappa shape index (κ3) is 7.77. The molecule has 0 bridgehead atoms. The molecule has 0 aliphatic carbocycles. The van der Waals surface area contributed by atoms with Crippen molar-refractivity contribution in [2.24, 2.45) is 12.5 Å². The highest BCUT2D eigenvalue weighted by molar-refractivity contribution is 5.85. The number of carbonyl (C=O) groups excluding carboxylic acids is 2. The summed E-state index contributed by atoms with van der Waals surface area (Å²) in [4.78, 5) is 29.6. The summed E-state index contributed by atoms with van der Waals surface area (Å²) in [6.45, 7) is 13.9. The van der Waals surface area contributed by atoms with Crippen LogP contribution in [0.2, 0.25) is 0 Å². The fraction of sp³-hybridized carbons (Fsp3) is 0.727. The number of unbranched alkanes of at least 4 members (excludes halogenated alkanes) is 1. The minimum absolute atomic E-state index is 0.0345. The molecule has 0 aliphatic heterocycles. The average Bonchev–Trinajstić information content (AvgIpc) is 2.98. The number of aryl methyl sites for hydroxylation is 1. The van der Waals surface area contributed by atoms with Gasteiger partial charge in [0.2, 0.25) is 11.8 Å². The van der Waals surface area contributed by atoms with E-state index in [0.29, 0.717) is 13.0 Å². The predicted octanol–water partition coefficient (Wildman–Crippen LogP) is 4.22. The van der Waals surface area contributed by atoms with Gasteiger partial charge in [0.1, 0.15) is 0 Å². The van der Waals surface area contributed by atoms with Crippen LogP contribution in [0, 0.1) is 5.41 Å². The highest BCUT2D eigenvalue weighted by Crippen LogP contribution is 2.21. The molecule has 1 aromatic heterocycles. The second kappa shape index (κ2) is 10.5. The molecule has 0 fully saturated rings. The molecular weight excluding hydrogens is 338 g/mol. The van der Waals surface area contributed by atoms with Crippen LogP contribution in [0.25, 0.3) is 0 Å². The summed E-state index contributed by atoms with van der Waals surface area (Å²) in [6, 6.07) is 4.10. The van der Waals surface area contributed by atoms with Crippen molar-refractivity contribution < 1.29 is 9.59 Å². The Kier molecular flexibility index (Phi) is 9.07. The average molecular weight is 378 g/mol. The van der Waals surface area contributed by atoms with Gasteiger partial charge in [-0.25, -0.2) is 0 Å². The van der Waals surface area contributed by atoms with Crippen molar-refractivity contribution in [2.75, 3.05) is 13.1 Å². The Balaban J connectivity index is 2.92. The van der Waals surface area contributed by atoms with Gasteiger partial charge in [-0.15, -0.1) is 0 Å². The molecule has 0 saturated carbocycles. The first-order valence-electron chi connectivity index (χ1n) is 10.3. The Labute approximate surface area is 165 Å². The zero-order valence-corrected chi connectivity index (χ0v) is 18.4. The van der Waals surface area contributed by atoms with Gasteiger partial charge in [-0.2, -0.15) is 0 Å². The van der Waals surface area contributed by atoms with Crippen LogP contribution < -0.4 is 0 Å². The van der Waals surface area contributed by atoms with E-state index >= 15 is 0 Å². The first-order chi connectivity index (χ1) is 12.6. The smallest absolute Gasteiger partial charge is 0.242 e. The summed E-state index contributed by atoms with van der Waals surface area (Å²) < 4.78 is 2.05. The maximum absolute atomic E-state index is 13.1. The van der Waals surface area contributed by atoms with E-state index in [1.165, 1.54) is 0 Å². The fourth-order valence-corrected chi connectivity index (χ4v) is 3.01. The van der Waals surface area contributed by atoms with E-state index < -0.39 is 0 Å². The van der Waals surface area contributed by atoms with Crippen molar-refractivity contribution in [1.29, 1.82) is 0 Å². The molecule has 5 heteroatoms. The van der Waals surface area contributed by atoms with Gasteiger partial charge in [-0.3, -0.25) is 9.59 Å². The van der Waals surface area contributed by atoms with E-state index in [2.05, 4.69) is 34.6 Å². The van der Waals surface area contributed by atoms with Crippen LogP contribution in [-0.2, 0) is 23.2 Å². The van der Waals surface area contributed by atoms with Crippen LogP contribution >= 0.6 is 0 Å². The minimum Gasteiger partial charge on any atom is -0.353 e. The Hall–Kier alpha value is -1.78. The molecule has 1 heterocycles. The monoisotopic (exact) mass is 377 g/mol. The molecule has 1 aromatic rings. The minimum atomic E-state index is -0.0865. The van der Waals surface area contributed by atoms with Crippen molar-refractivity contribution in [3.63, 3.8) is 0 Å². The summed E-state index contributed by atoms with van der Waals surface area (Å²) in [5.41, 5.74) is 1.02. The maximum Gasteiger partial charge on any atom is 0.242 e. The van der Waals surface area contributed by atoms with Crippen LogP contribution in [-0.4, -0.2) is 45.3 Å². The maximum atomic E-state index is 13.1. The molecule has 1 atom stereocenters. The molecule has 0 N–H and O–H groups in total. The second-order valence-electron chi connectivity index (χ2n) is 8.80. The van der Waals surface area contributed by atoms with Crippen molar-refractivity contribution in [1.82, 2.24) is 14.4 Å². The zero-order valence-electron chi connectivity index (χ0n) is 18.4. The van der Waals surface area contributed by atoms with E-state index in [9.17, 15) is 9.59 Å². The highest BCUT2D eigenvalue weighted by atomic mass is 16.2. The quantitative estimate of drug-likeness (QED) is 0.613. The molecule has 0 spiro atoms. The van der Waals surface area contributed by atoms with Crippen LogP contribution in [0.1, 0.15) is 72.9 Å². The van der Waals surface area contributed by atoms with Crippen molar-refractivity contribution in [2.45, 2.75) is 79.8 Å². The molecule has 5 nitrogen and oxygen atoms in total. The van der Waals surface area contributed by atoms with Crippen LogP contribution in [0.3, 0.4) is 0 Å². The number of hydrogen-bond acceptors (Lipinski definition) is 2. The zero-order chi connectivity index (χ0) is 20.6. The first kappa shape index (κ1) is 23.3. The van der Waals surface area contributed by atoms with E-state index in [0.717, 1.165) is 31.5 Å². The summed E-state index contributed by atoms with van der Waals surface area (Å²) in [5, 5.41) is 0. The van der Waals surface area contributed by atoms with Crippen LogP contribution in [0.15, 0.2) is 18.3 Å². The Morgan fingerprint density at radius 1 is 1.19 bits per heavy atom. The van der Waals surface area contributed by atoms with Gasteiger partial charge < -0.3 is 14.4 Å². The number of nitrogens with zero attached hydrogens (tertiary/aromatic N) is 3. The molecule has 0 aromatic carbocycles. The van der Waals surface area contributed by atoms with Crippen molar-refractivity contribution >= 4 is 11.8 Å². The van der Waals surface area contributed by atoms with Crippen molar-refractivity contribution in [3.8, 4) is 0 Å². The highest BCUT2D eigenvalue weighted by Gasteiger charge is 2.27. The van der Waals surface area contributed by atoms with Gasteiger partial charge in [0.05, 0.1) is 13.1 Å². The van der Waals surface area contributed by atoms with Gasteiger partial charge in [0, 0.05) is 37.9 Å². The number of rotatable bonds is 10. The number of carbonyl (C=O) groups is 2. The Morgan fingerprint density at radius 2 is 1.85 bits per heavy atom. The lowest BCUT2D eigenvalue weighted by molar-refractivity contribution is -0.143. The van der Waals surface area contributed by atoms with Crippen LogP contribution in [0.5, 0.6) is 0 Å². The molecule has 27 heavy (non-hydrogen) atoms. The van der Waals surface area contributed by atoms with Gasteiger partial charge in [0.15, 0.2) is 0 Å². The lowest BCUT2D eigenvalue weighted by Gasteiger charge is -2.33. The lowest BCUT2D eigenvalue weighted by atomic mass is 9.91. The van der Waals surface area contributed by atoms with E-state index in [4.69, 9.17) is 0 Å². The molecule has 0 saturated heterocycles. The molecule has 154 valence electrons.